The van der Waals surface area contributed by atoms with Crippen LogP contribution in [0.1, 0.15) is 18.5 Å². The number of piperidine rings is 1. The van der Waals surface area contributed by atoms with Gasteiger partial charge in [-0.1, -0.05) is 18.2 Å². The molecular weight excluding hydrogens is 238 g/mol. The van der Waals surface area contributed by atoms with E-state index in [2.05, 4.69) is 21.6 Å². The molecule has 4 heteroatoms. The second-order valence-corrected chi connectivity index (χ2v) is 5.16. The van der Waals surface area contributed by atoms with Gasteiger partial charge in [-0.25, -0.2) is 0 Å². The zero-order valence-electron chi connectivity index (χ0n) is 11.2. The Bertz CT molecular complexity index is 564. The minimum atomic E-state index is 0.579. The van der Waals surface area contributed by atoms with Crippen molar-refractivity contribution in [3.63, 3.8) is 0 Å². The highest BCUT2D eigenvalue weighted by molar-refractivity contribution is 5.88. The summed E-state index contributed by atoms with van der Waals surface area (Å²) in [5.74, 6) is 1.24. The molecule has 1 aromatic heterocycles. The van der Waals surface area contributed by atoms with Gasteiger partial charge in [-0.15, -0.1) is 5.10 Å². The fourth-order valence-electron chi connectivity index (χ4n) is 2.58. The number of hydrogen-bond donors (Lipinski definition) is 1. The Labute approximate surface area is 113 Å². The molecule has 0 spiro atoms. The number of ether oxygens (including phenoxy) is 1. The van der Waals surface area contributed by atoms with Crippen LogP contribution < -0.4 is 10.1 Å². The molecule has 1 aliphatic heterocycles. The SMILES string of the molecule is Cc1nnc(OCC2CCCNC2)c2ccccc12. The molecule has 4 nitrogen and oxygen atoms in total. The standard InChI is InChI=1S/C15H19N3O/c1-11-13-6-2-3-7-14(13)15(18-17-11)19-10-12-5-4-8-16-9-12/h2-3,6-7,12,16H,4-5,8-10H2,1H3. The van der Waals surface area contributed by atoms with Crippen LogP contribution in [-0.4, -0.2) is 29.9 Å². The van der Waals surface area contributed by atoms with E-state index in [0.29, 0.717) is 18.4 Å². The number of nitrogens with one attached hydrogen (secondary N) is 1. The lowest BCUT2D eigenvalue weighted by atomic mass is 10.0. The summed E-state index contributed by atoms with van der Waals surface area (Å²) >= 11 is 0. The first-order chi connectivity index (χ1) is 9.34. The summed E-state index contributed by atoms with van der Waals surface area (Å²) in [6, 6.07) is 8.14. The van der Waals surface area contributed by atoms with Crippen LogP contribution in [0.4, 0.5) is 0 Å². The van der Waals surface area contributed by atoms with Crippen molar-refractivity contribution in [2.45, 2.75) is 19.8 Å². The van der Waals surface area contributed by atoms with Gasteiger partial charge in [0.1, 0.15) is 0 Å². The van der Waals surface area contributed by atoms with Gasteiger partial charge in [0, 0.05) is 23.2 Å². The zero-order valence-corrected chi connectivity index (χ0v) is 11.2. The van der Waals surface area contributed by atoms with Gasteiger partial charge >= 0.3 is 0 Å². The zero-order chi connectivity index (χ0) is 13.1. The van der Waals surface area contributed by atoms with Gasteiger partial charge < -0.3 is 10.1 Å². The minimum Gasteiger partial charge on any atom is -0.476 e. The molecule has 1 N–H and O–H groups in total. The lowest BCUT2D eigenvalue weighted by Crippen LogP contribution is -2.33. The van der Waals surface area contributed by atoms with Gasteiger partial charge in [0.25, 0.3) is 0 Å². The summed E-state index contributed by atoms with van der Waals surface area (Å²) in [5, 5.41) is 14.0. The minimum absolute atomic E-state index is 0.579. The van der Waals surface area contributed by atoms with Crippen LogP contribution in [0.15, 0.2) is 24.3 Å². The van der Waals surface area contributed by atoms with Crippen LogP contribution in [0.25, 0.3) is 10.8 Å². The number of fused-ring (bicyclic) bond motifs is 1. The van der Waals surface area contributed by atoms with Crippen molar-refractivity contribution in [2.24, 2.45) is 5.92 Å². The molecular formula is C15H19N3O. The Kier molecular flexibility index (Phi) is 3.60. The maximum Gasteiger partial charge on any atom is 0.241 e. The predicted molar refractivity (Wildman–Crippen MR) is 75.4 cm³/mol. The van der Waals surface area contributed by atoms with E-state index >= 15 is 0 Å². The highest BCUT2D eigenvalue weighted by Crippen LogP contribution is 2.24. The van der Waals surface area contributed by atoms with Gasteiger partial charge in [-0.3, -0.25) is 0 Å². The third-order valence-corrected chi connectivity index (χ3v) is 3.69. The van der Waals surface area contributed by atoms with Gasteiger partial charge in [0.2, 0.25) is 5.88 Å². The molecule has 0 aliphatic carbocycles. The van der Waals surface area contributed by atoms with Crippen molar-refractivity contribution in [1.82, 2.24) is 15.5 Å². The topological polar surface area (TPSA) is 47.0 Å². The molecule has 1 saturated heterocycles. The van der Waals surface area contributed by atoms with E-state index in [1.54, 1.807) is 0 Å². The monoisotopic (exact) mass is 257 g/mol. The lowest BCUT2D eigenvalue weighted by molar-refractivity contribution is 0.212. The fourth-order valence-corrected chi connectivity index (χ4v) is 2.58. The summed E-state index contributed by atoms with van der Waals surface area (Å²) < 4.78 is 5.90. The van der Waals surface area contributed by atoms with E-state index in [9.17, 15) is 0 Å². The van der Waals surface area contributed by atoms with Crippen LogP contribution >= 0.6 is 0 Å². The van der Waals surface area contributed by atoms with Crippen LogP contribution in [-0.2, 0) is 0 Å². The molecule has 1 aliphatic rings. The molecule has 1 atom stereocenters. The molecule has 0 saturated carbocycles. The van der Waals surface area contributed by atoms with E-state index < -0.39 is 0 Å². The molecule has 19 heavy (non-hydrogen) atoms. The van der Waals surface area contributed by atoms with Crippen LogP contribution in [0.3, 0.4) is 0 Å². The number of aromatic nitrogens is 2. The molecule has 100 valence electrons. The number of hydrogen-bond acceptors (Lipinski definition) is 4. The average Bonchev–Trinajstić information content (AvgIpc) is 2.48. The van der Waals surface area contributed by atoms with Crippen LogP contribution in [0.2, 0.25) is 0 Å². The quantitative estimate of drug-likeness (QED) is 0.916. The van der Waals surface area contributed by atoms with Crippen molar-refractivity contribution in [1.29, 1.82) is 0 Å². The molecule has 0 amide bonds. The third-order valence-electron chi connectivity index (χ3n) is 3.69. The summed E-state index contributed by atoms with van der Waals surface area (Å²) in [7, 11) is 0. The summed E-state index contributed by atoms with van der Waals surface area (Å²) in [4.78, 5) is 0. The number of nitrogens with zero attached hydrogens (tertiary/aromatic N) is 2. The Balaban J connectivity index is 1.79. The van der Waals surface area contributed by atoms with Crippen LogP contribution in [0, 0.1) is 12.8 Å². The highest BCUT2D eigenvalue weighted by Gasteiger charge is 2.15. The molecule has 1 fully saturated rings. The first-order valence-corrected chi connectivity index (χ1v) is 6.90. The Morgan fingerprint density at radius 2 is 2.11 bits per heavy atom. The summed E-state index contributed by atoms with van der Waals surface area (Å²) in [5.41, 5.74) is 0.947. The molecule has 2 aromatic rings. The lowest BCUT2D eigenvalue weighted by Gasteiger charge is -2.22. The van der Waals surface area contributed by atoms with Crippen molar-refractivity contribution >= 4 is 10.8 Å². The summed E-state index contributed by atoms with van der Waals surface area (Å²) in [6.45, 7) is 4.86. The van der Waals surface area contributed by atoms with Crippen molar-refractivity contribution < 1.29 is 4.74 Å². The van der Waals surface area contributed by atoms with Gasteiger partial charge in [-0.2, -0.15) is 5.10 Å². The molecule has 1 unspecified atom stereocenters. The average molecular weight is 257 g/mol. The molecule has 3 rings (SSSR count). The Morgan fingerprint density at radius 1 is 1.26 bits per heavy atom. The maximum absolute atomic E-state index is 5.90. The van der Waals surface area contributed by atoms with E-state index in [1.165, 1.54) is 12.8 Å². The predicted octanol–water partition coefficient (Wildman–Crippen LogP) is 2.32. The van der Waals surface area contributed by atoms with Crippen molar-refractivity contribution in [3.05, 3.63) is 30.0 Å². The van der Waals surface area contributed by atoms with E-state index in [0.717, 1.165) is 29.6 Å². The second-order valence-electron chi connectivity index (χ2n) is 5.16. The largest absolute Gasteiger partial charge is 0.476 e. The smallest absolute Gasteiger partial charge is 0.241 e. The number of benzene rings is 1. The molecule has 0 bridgehead atoms. The van der Waals surface area contributed by atoms with Gasteiger partial charge in [0.15, 0.2) is 0 Å². The molecule has 0 radical (unpaired) electrons. The highest BCUT2D eigenvalue weighted by atomic mass is 16.5. The van der Waals surface area contributed by atoms with E-state index in [4.69, 9.17) is 4.74 Å². The van der Waals surface area contributed by atoms with Crippen molar-refractivity contribution in [3.8, 4) is 5.88 Å². The molecule has 1 aromatic carbocycles. The number of rotatable bonds is 3. The third kappa shape index (κ3) is 2.68. The maximum atomic E-state index is 5.90. The second kappa shape index (κ2) is 5.53. The molecule has 2 heterocycles. The van der Waals surface area contributed by atoms with Crippen molar-refractivity contribution in [2.75, 3.05) is 19.7 Å². The van der Waals surface area contributed by atoms with E-state index in [1.807, 2.05) is 25.1 Å². The fraction of sp³-hybridized carbons (Fsp3) is 0.467. The first-order valence-electron chi connectivity index (χ1n) is 6.90. The summed E-state index contributed by atoms with van der Waals surface area (Å²) in [6.07, 6.45) is 2.46. The Morgan fingerprint density at radius 3 is 2.89 bits per heavy atom. The van der Waals surface area contributed by atoms with Gasteiger partial charge in [0.05, 0.1) is 12.3 Å². The number of aryl methyl sites for hydroxylation is 1. The normalized spacial score (nSPS) is 19.5. The Hall–Kier alpha value is -1.68. The van der Waals surface area contributed by atoms with Gasteiger partial charge in [-0.05, 0) is 32.4 Å². The van der Waals surface area contributed by atoms with E-state index in [-0.39, 0.29) is 0 Å². The first kappa shape index (κ1) is 12.4. The van der Waals surface area contributed by atoms with Crippen LogP contribution in [0.5, 0.6) is 5.88 Å².